The first-order chi connectivity index (χ1) is 11.2. The number of hydrogen-bond acceptors (Lipinski definition) is 4. The Hall–Kier alpha value is -2.40. The van der Waals surface area contributed by atoms with Crippen LogP contribution in [-0.4, -0.2) is 43.1 Å². The molecule has 5 heteroatoms. The minimum absolute atomic E-state index is 0.0243. The third kappa shape index (κ3) is 4.07. The summed E-state index contributed by atoms with van der Waals surface area (Å²) in [5.41, 5.74) is 0. The fraction of sp³-hybridized carbons (Fsp3) is 0.333. The molecule has 0 bridgehead atoms. The van der Waals surface area contributed by atoms with Gasteiger partial charge in [-0.1, -0.05) is 30.3 Å². The van der Waals surface area contributed by atoms with E-state index in [9.17, 15) is 9.59 Å². The van der Waals surface area contributed by atoms with Crippen LogP contribution in [0.15, 0.2) is 42.5 Å². The van der Waals surface area contributed by atoms with Crippen LogP contribution in [0.4, 0.5) is 0 Å². The molecule has 2 aromatic rings. The molecule has 0 radical (unpaired) electrons. The second kappa shape index (κ2) is 7.24. The zero-order valence-corrected chi connectivity index (χ0v) is 12.9. The summed E-state index contributed by atoms with van der Waals surface area (Å²) in [5.74, 6) is 0.0955. The molecule has 1 amide bonds. The molecule has 1 heterocycles. The number of ether oxygens (including phenoxy) is 2. The Morgan fingerprint density at radius 1 is 1.00 bits per heavy atom. The summed E-state index contributed by atoms with van der Waals surface area (Å²) < 4.78 is 10.5. The number of carbonyl (C=O) groups is 2. The summed E-state index contributed by atoms with van der Waals surface area (Å²) in [7, 11) is 0. The summed E-state index contributed by atoms with van der Waals surface area (Å²) in [6, 6.07) is 13.4. The number of amides is 1. The zero-order chi connectivity index (χ0) is 16.1. The van der Waals surface area contributed by atoms with Crippen LogP contribution in [0.5, 0.6) is 5.75 Å². The third-order valence-electron chi connectivity index (χ3n) is 3.86. The highest BCUT2D eigenvalue weighted by molar-refractivity contribution is 5.85. The van der Waals surface area contributed by atoms with Gasteiger partial charge in [-0.25, -0.2) is 0 Å². The average molecular weight is 313 g/mol. The van der Waals surface area contributed by atoms with Crippen molar-refractivity contribution in [1.29, 1.82) is 0 Å². The second-order valence-corrected chi connectivity index (χ2v) is 5.48. The predicted octanol–water partition coefficient (Wildman–Crippen LogP) is 2.38. The monoisotopic (exact) mass is 313 g/mol. The Labute approximate surface area is 134 Å². The van der Waals surface area contributed by atoms with Gasteiger partial charge in [-0.15, -0.1) is 0 Å². The maximum absolute atomic E-state index is 12.0. The van der Waals surface area contributed by atoms with Crippen molar-refractivity contribution in [3.05, 3.63) is 42.5 Å². The van der Waals surface area contributed by atoms with E-state index in [-0.39, 0.29) is 24.7 Å². The number of hydrogen-bond donors (Lipinski definition) is 0. The van der Waals surface area contributed by atoms with Gasteiger partial charge < -0.3 is 14.4 Å². The Balaban J connectivity index is 1.52. The predicted molar refractivity (Wildman–Crippen MR) is 86.2 cm³/mol. The van der Waals surface area contributed by atoms with E-state index >= 15 is 0 Å². The highest BCUT2D eigenvalue weighted by Gasteiger charge is 2.18. The van der Waals surface area contributed by atoms with Gasteiger partial charge in [0.25, 0.3) is 0 Å². The van der Waals surface area contributed by atoms with Crippen molar-refractivity contribution in [3.63, 3.8) is 0 Å². The van der Waals surface area contributed by atoms with Gasteiger partial charge in [-0.3, -0.25) is 9.59 Å². The quantitative estimate of drug-likeness (QED) is 0.642. The normalized spacial score (nSPS) is 14.7. The van der Waals surface area contributed by atoms with Gasteiger partial charge in [0.1, 0.15) is 5.75 Å². The van der Waals surface area contributed by atoms with Gasteiger partial charge in [-0.2, -0.15) is 0 Å². The van der Waals surface area contributed by atoms with E-state index in [1.807, 2.05) is 36.4 Å². The van der Waals surface area contributed by atoms with Gasteiger partial charge in [0, 0.05) is 19.5 Å². The number of rotatable bonds is 4. The van der Waals surface area contributed by atoms with E-state index in [1.54, 1.807) is 11.0 Å². The van der Waals surface area contributed by atoms with Crippen molar-refractivity contribution in [2.75, 3.05) is 26.3 Å². The lowest BCUT2D eigenvalue weighted by atomic mass is 10.1. The Morgan fingerprint density at radius 3 is 2.52 bits per heavy atom. The van der Waals surface area contributed by atoms with Crippen molar-refractivity contribution >= 4 is 22.6 Å². The molecule has 0 unspecified atom stereocenters. The lowest BCUT2D eigenvalue weighted by Gasteiger charge is -2.26. The Bertz CT molecular complexity index is 707. The van der Waals surface area contributed by atoms with Crippen LogP contribution in [0.1, 0.15) is 12.8 Å². The van der Waals surface area contributed by atoms with E-state index in [0.29, 0.717) is 32.1 Å². The molecule has 0 atom stereocenters. The molecule has 120 valence electrons. The highest BCUT2D eigenvalue weighted by atomic mass is 16.5. The van der Waals surface area contributed by atoms with Crippen LogP contribution in [0, 0.1) is 0 Å². The SMILES string of the molecule is O=C(CCC(=O)N1CCOCC1)Oc1ccc2ccccc2c1. The molecular weight excluding hydrogens is 294 g/mol. The van der Waals surface area contributed by atoms with Crippen molar-refractivity contribution < 1.29 is 19.1 Å². The lowest BCUT2D eigenvalue weighted by Crippen LogP contribution is -2.40. The van der Waals surface area contributed by atoms with Gasteiger partial charge in [0.2, 0.25) is 5.91 Å². The molecule has 0 aromatic heterocycles. The molecule has 5 nitrogen and oxygen atoms in total. The van der Waals surface area contributed by atoms with Gasteiger partial charge >= 0.3 is 5.97 Å². The third-order valence-corrected chi connectivity index (χ3v) is 3.86. The number of esters is 1. The average Bonchev–Trinajstić information content (AvgIpc) is 2.60. The molecule has 0 aliphatic carbocycles. The summed E-state index contributed by atoms with van der Waals surface area (Å²) in [5, 5.41) is 2.11. The van der Waals surface area contributed by atoms with Crippen molar-refractivity contribution in [2.24, 2.45) is 0 Å². The fourth-order valence-corrected chi connectivity index (χ4v) is 2.59. The molecule has 23 heavy (non-hydrogen) atoms. The van der Waals surface area contributed by atoms with Crippen LogP contribution < -0.4 is 4.74 Å². The largest absolute Gasteiger partial charge is 0.426 e. The van der Waals surface area contributed by atoms with E-state index in [2.05, 4.69) is 0 Å². The molecule has 0 spiro atoms. The van der Waals surface area contributed by atoms with Gasteiger partial charge in [0.05, 0.1) is 19.6 Å². The minimum Gasteiger partial charge on any atom is -0.426 e. The Morgan fingerprint density at radius 2 is 1.74 bits per heavy atom. The molecule has 1 saturated heterocycles. The molecule has 1 aliphatic heterocycles. The maximum Gasteiger partial charge on any atom is 0.311 e. The number of benzene rings is 2. The molecule has 1 fully saturated rings. The van der Waals surface area contributed by atoms with Crippen molar-refractivity contribution in [2.45, 2.75) is 12.8 Å². The fourth-order valence-electron chi connectivity index (χ4n) is 2.59. The second-order valence-electron chi connectivity index (χ2n) is 5.48. The highest BCUT2D eigenvalue weighted by Crippen LogP contribution is 2.21. The van der Waals surface area contributed by atoms with Crippen LogP contribution in [0.2, 0.25) is 0 Å². The number of carbonyl (C=O) groups excluding carboxylic acids is 2. The standard InChI is InChI=1S/C18H19NO4/c20-17(19-9-11-22-12-10-19)7-8-18(21)23-16-6-5-14-3-1-2-4-15(14)13-16/h1-6,13H,7-12H2. The number of nitrogens with zero attached hydrogens (tertiary/aromatic N) is 1. The van der Waals surface area contributed by atoms with Gasteiger partial charge in [-0.05, 0) is 22.9 Å². The van der Waals surface area contributed by atoms with E-state index in [4.69, 9.17) is 9.47 Å². The zero-order valence-electron chi connectivity index (χ0n) is 12.9. The van der Waals surface area contributed by atoms with Crippen LogP contribution in [-0.2, 0) is 14.3 Å². The molecule has 0 N–H and O–H groups in total. The summed E-state index contributed by atoms with van der Waals surface area (Å²) in [6.45, 7) is 2.32. The minimum atomic E-state index is -0.387. The molecule has 2 aromatic carbocycles. The van der Waals surface area contributed by atoms with Crippen LogP contribution in [0.3, 0.4) is 0 Å². The first-order valence-electron chi connectivity index (χ1n) is 7.77. The Kier molecular flexibility index (Phi) is 4.88. The topological polar surface area (TPSA) is 55.8 Å². The first kappa shape index (κ1) is 15.5. The number of fused-ring (bicyclic) bond motifs is 1. The van der Waals surface area contributed by atoms with Crippen molar-refractivity contribution in [1.82, 2.24) is 4.90 Å². The molecular formula is C18H19NO4. The van der Waals surface area contributed by atoms with Gasteiger partial charge in [0.15, 0.2) is 0 Å². The smallest absolute Gasteiger partial charge is 0.311 e. The molecule has 3 rings (SSSR count). The number of morpholine rings is 1. The lowest BCUT2D eigenvalue weighted by molar-refractivity contribution is -0.140. The van der Waals surface area contributed by atoms with Crippen molar-refractivity contribution in [3.8, 4) is 5.75 Å². The first-order valence-corrected chi connectivity index (χ1v) is 7.77. The molecule has 0 saturated carbocycles. The summed E-state index contributed by atoms with van der Waals surface area (Å²) >= 11 is 0. The summed E-state index contributed by atoms with van der Waals surface area (Å²) in [4.78, 5) is 25.6. The summed E-state index contributed by atoms with van der Waals surface area (Å²) in [6.07, 6.45) is 0.259. The van der Waals surface area contributed by atoms with E-state index in [1.165, 1.54) is 0 Å². The van der Waals surface area contributed by atoms with E-state index in [0.717, 1.165) is 10.8 Å². The van der Waals surface area contributed by atoms with Crippen LogP contribution in [0.25, 0.3) is 10.8 Å². The van der Waals surface area contributed by atoms with Crippen LogP contribution >= 0.6 is 0 Å². The maximum atomic E-state index is 12.0. The molecule has 1 aliphatic rings. The van der Waals surface area contributed by atoms with E-state index < -0.39 is 0 Å².